The first-order valence-electron chi connectivity index (χ1n) is 7.44. The summed E-state index contributed by atoms with van der Waals surface area (Å²) in [4.78, 5) is 0. The van der Waals surface area contributed by atoms with E-state index in [1.807, 2.05) is 31.2 Å². The highest BCUT2D eigenvalue weighted by molar-refractivity contribution is 6.31. The van der Waals surface area contributed by atoms with Gasteiger partial charge >= 0.3 is 0 Å². The monoisotopic (exact) mass is 315 g/mol. The Morgan fingerprint density at radius 1 is 1.33 bits per heavy atom. The lowest BCUT2D eigenvalue weighted by Crippen LogP contribution is -2.31. The van der Waals surface area contributed by atoms with Crippen LogP contribution in [-0.2, 0) is 11.3 Å². The van der Waals surface area contributed by atoms with Crippen molar-refractivity contribution < 1.29 is 14.9 Å². The number of aliphatic hydroxyl groups is 2. The average Bonchev–Trinajstić information content (AvgIpc) is 2.48. The molecule has 0 aliphatic carbocycles. The average molecular weight is 316 g/mol. The largest absolute Gasteiger partial charge is 0.396 e. The molecule has 0 fully saturated rings. The van der Waals surface area contributed by atoms with Crippen molar-refractivity contribution in [2.24, 2.45) is 5.92 Å². The SMILES string of the molecule is CC(CO)CCCNCC(O)COCc1ccccc1Cl. The molecule has 4 nitrogen and oxygen atoms in total. The van der Waals surface area contributed by atoms with E-state index >= 15 is 0 Å². The van der Waals surface area contributed by atoms with Gasteiger partial charge in [0.2, 0.25) is 0 Å². The summed E-state index contributed by atoms with van der Waals surface area (Å²) in [7, 11) is 0. The standard InChI is InChI=1S/C16H26ClNO3/c1-13(10-19)5-4-8-18-9-15(20)12-21-11-14-6-2-3-7-16(14)17/h2-3,6-7,13,15,18-20H,4-5,8-12H2,1H3. The smallest absolute Gasteiger partial charge is 0.0897 e. The molecule has 2 unspecified atom stereocenters. The van der Waals surface area contributed by atoms with E-state index in [1.54, 1.807) is 0 Å². The fourth-order valence-electron chi connectivity index (χ4n) is 1.91. The number of rotatable bonds is 11. The number of ether oxygens (including phenoxy) is 1. The van der Waals surface area contributed by atoms with Crippen LogP contribution in [0.25, 0.3) is 0 Å². The Morgan fingerprint density at radius 2 is 2.10 bits per heavy atom. The molecule has 0 aliphatic rings. The quantitative estimate of drug-likeness (QED) is 0.548. The van der Waals surface area contributed by atoms with E-state index in [9.17, 15) is 5.11 Å². The van der Waals surface area contributed by atoms with Crippen molar-refractivity contribution in [2.75, 3.05) is 26.3 Å². The van der Waals surface area contributed by atoms with Crippen molar-refractivity contribution in [1.29, 1.82) is 0 Å². The summed E-state index contributed by atoms with van der Waals surface area (Å²) >= 11 is 6.02. The van der Waals surface area contributed by atoms with Crippen molar-refractivity contribution in [3.63, 3.8) is 0 Å². The zero-order valence-corrected chi connectivity index (χ0v) is 13.4. The molecule has 0 bridgehead atoms. The number of hydrogen-bond donors (Lipinski definition) is 3. The number of hydrogen-bond acceptors (Lipinski definition) is 4. The van der Waals surface area contributed by atoms with Crippen molar-refractivity contribution in [1.82, 2.24) is 5.32 Å². The predicted octanol–water partition coefficient (Wildman–Crippen LogP) is 2.22. The van der Waals surface area contributed by atoms with Crippen LogP contribution in [0.4, 0.5) is 0 Å². The maximum absolute atomic E-state index is 9.79. The molecule has 1 rings (SSSR count). The van der Waals surface area contributed by atoms with Gasteiger partial charge in [-0.1, -0.05) is 36.7 Å². The predicted molar refractivity (Wildman–Crippen MR) is 85.5 cm³/mol. The first-order chi connectivity index (χ1) is 10.1. The van der Waals surface area contributed by atoms with Gasteiger partial charge in [-0.3, -0.25) is 0 Å². The van der Waals surface area contributed by atoms with Gasteiger partial charge in [0.05, 0.1) is 19.3 Å². The lowest BCUT2D eigenvalue weighted by molar-refractivity contribution is 0.0289. The van der Waals surface area contributed by atoms with Crippen LogP contribution in [0.1, 0.15) is 25.3 Å². The Labute approximate surface area is 132 Å². The van der Waals surface area contributed by atoms with Crippen molar-refractivity contribution in [3.8, 4) is 0 Å². The first-order valence-corrected chi connectivity index (χ1v) is 7.82. The van der Waals surface area contributed by atoms with E-state index in [0.29, 0.717) is 24.1 Å². The summed E-state index contributed by atoms with van der Waals surface area (Å²) in [5.74, 6) is 0.343. The minimum atomic E-state index is -0.525. The second-order valence-corrected chi connectivity index (χ2v) is 5.80. The highest BCUT2D eigenvalue weighted by Gasteiger charge is 2.05. The minimum Gasteiger partial charge on any atom is -0.396 e. The van der Waals surface area contributed by atoms with Gasteiger partial charge in [-0.25, -0.2) is 0 Å². The molecule has 3 N–H and O–H groups in total. The number of halogens is 1. The summed E-state index contributed by atoms with van der Waals surface area (Å²) in [5.41, 5.74) is 0.928. The van der Waals surface area contributed by atoms with Crippen LogP contribution in [-0.4, -0.2) is 42.6 Å². The Hall–Kier alpha value is -0.650. The van der Waals surface area contributed by atoms with Gasteiger partial charge in [0.1, 0.15) is 0 Å². The van der Waals surface area contributed by atoms with Crippen LogP contribution in [0.5, 0.6) is 0 Å². The van der Waals surface area contributed by atoms with Crippen LogP contribution in [0.15, 0.2) is 24.3 Å². The molecule has 0 amide bonds. The molecule has 0 radical (unpaired) electrons. The molecule has 5 heteroatoms. The maximum atomic E-state index is 9.79. The second kappa shape index (κ2) is 11.0. The molecule has 0 heterocycles. The summed E-state index contributed by atoms with van der Waals surface area (Å²) in [6.07, 6.45) is 1.46. The Balaban J connectivity index is 2.04. The molecule has 120 valence electrons. The van der Waals surface area contributed by atoms with Crippen LogP contribution in [0.2, 0.25) is 5.02 Å². The zero-order valence-electron chi connectivity index (χ0n) is 12.6. The highest BCUT2D eigenvalue weighted by Crippen LogP contribution is 2.15. The third kappa shape index (κ3) is 8.39. The second-order valence-electron chi connectivity index (χ2n) is 5.39. The molecule has 1 aromatic carbocycles. The van der Waals surface area contributed by atoms with Gasteiger partial charge in [-0.15, -0.1) is 0 Å². The summed E-state index contributed by atoms with van der Waals surface area (Å²) in [5, 5.41) is 22.6. The Kier molecular flexibility index (Phi) is 9.63. The fourth-order valence-corrected chi connectivity index (χ4v) is 2.11. The summed E-state index contributed by atoms with van der Waals surface area (Å²) in [6.45, 7) is 4.30. The molecule has 2 atom stereocenters. The number of benzene rings is 1. The molecule has 0 aromatic heterocycles. The third-order valence-electron chi connectivity index (χ3n) is 3.27. The summed E-state index contributed by atoms with van der Waals surface area (Å²) < 4.78 is 5.47. The summed E-state index contributed by atoms with van der Waals surface area (Å²) in [6, 6.07) is 7.53. The van der Waals surface area contributed by atoms with Gasteiger partial charge in [-0.2, -0.15) is 0 Å². The molecule has 21 heavy (non-hydrogen) atoms. The third-order valence-corrected chi connectivity index (χ3v) is 3.64. The van der Waals surface area contributed by atoms with E-state index in [2.05, 4.69) is 5.32 Å². The van der Waals surface area contributed by atoms with E-state index < -0.39 is 6.10 Å². The van der Waals surface area contributed by atoms with Crippen molar-refractivity contribution in [3.05, 3.63) is 34.9 Å². The molecule has 0 aliphatic heterocycles. The fraction of sp³-hybridized carbons (Fsp3) is 0.625. The molecular formula is C16H26ClNO3. The van der Waals surface area contributed by atoms with Gasteiger partial charge in [0, 0.05) is 18.2 Å². The van der Waals surface area contributed by atoms with E-state index in [4.69, 9.17) is 21.4 Å². The maximum Gasteiger partial charge on any atom is 0.0897 e. The van der Waals surface area contributed by atoms with Crippen LogP contribution in [0, 0.1) is 5.92 Å². The molecule has 1 aromatic rings. The van der Waals surface area contributed by atoms with Gasteiger partial charge < -0.3 is 20.3 Å². The van der Waals surface area contributed by atoms with Gasteiger partial charge in [0.25, 0.3) is 0 Å². The normalized spacial score (nSPS) is 14.1. The van der Waals surface area contributed by atoms with E-state index in [1.165, 1.54) is 0 Å². The lowest BCUT2D eigenvalue weighted by Gasteiger charge is -2.13. The lowest BCUT2D eigenvalue weighted by atomic mass is 10.1. The molecule has 0 saturated heterocycles. The van der Waals surface area contributed by atoms with Crippen LogP contribution < -0.4 is 5.32 Å². The van der Waals surface area contributed by atoms with Gasteiger partial charge in [0.15, 0.2) is 0 Å². The minimum absolute atomic E-state index is 0.235. The molecular weight excluding hydrogens is 290 g/mol. The van der Waals surface area contributed by atoms with Gasteiger partial charge in [-0.05, 0) is 36.9 Å². The first kappa shape index (κ1) is 18.4. The number of aliphatic hydroxyl groups excluding tert-OH is 2. The zero-order chi connectivity index (χ0) is 15.5. The van der Waals surface area contributed by atoms with E-state index in [0.717, 1.165) is 24.9 Å². The highest BCUT2D eigenvalue weighted by atomic mass is 35.5. The Bertz CT molecular complexity index is 390. The number of nitrogens with one attached hydrogen (secondary N) is 1. The molecule has 0 saturated carbocycles. The van der Waals surface area contributed by atoms with Crippen LogP contribution >= 0.6 is 11.6 Å². The molecule has 0 spiro atoms. The van der Waals surface area contributed by atoms with E-state index in [-0.39, 0.29) is 13.2 Å². The topological polar surface area (TPSA) is 61.7 Å². The van der Waals surface area contributed by atoms with Crippen molar-refractivity contribution in [2.45, 2.75) is 32.5 Å². The van der Waals surface area contributed by atoms with Crippen LogP contribution in [0.3, 0.4) is 0 Å². The van der Waals surface area contributed by atoms with Crippen molar-refractivity contribution >= 4 is 11.6 Å². The Morgan fingerprint density at radius 3 is 2.81 bits per heavy atom.